The average Bonchev–Trinajstić information content (AvgIpc) is 2.78. The number of aromatic nitrogens is 2. The number of rotatable bonds is 7. The molecule has 0 radical (unpaired) electrons. The molecular formula is C23H34N6O. The van der Waals surface area contributed by atoms with Crippen molar-refractivity contribution in [3.05, 3.63) is 47.2 Å². The molecule has 1 fully saturated rings. The topological polar surface area (TPSA) is 48.0 Å². The monoisotopic (exact) mass is 410 g/mol. The molecule has 0 bridgehead atoms. The van der Waals surface area contributed by atoms with E-state index >= 15 is 0 Å². The minimum atomic E-state index is 0.742. The second-order valence-electron chi connectivity index (χ2n) is 8.54. The zero-order valence-corrected chi connectivity index (χ0v) is 18.5. The maximum Gasteiger partial charge on any atom is 0.227 e. The molecule has 1 aromatic heterocycles. The van der Waals surface area contributed by atoms with Crippen molar-refractivity contribution < 1.29 is 4.74 Å². The van der Waals surface area contributed by atoms with Gasteiger partial charge < -0.3 is 19.4 Å². The number of ether oxygens (including phenoxy) is 1. The first kappa shape index (κ1) is 21.0. The zero-order chi connectivity index (χ0) is 20.9. The Kier molecular flexibility index (Phi) is 6.82. The van der Waals surface area contributed by atoms with Crippen LogP contribution in [0.3, 0.4) is 0 Å². The van der Waals surface area contributed by atoms with Crippen molar-refractivity contribution in [2.75, 3.05) is 76.9 Å². The summed E-state index contributed by atoms with van der Waals surface area (Å²) < 4.78 is 5.54. The van der Waals surface area contributed by atoms with Crippen molar-refractivity contribution in [3.8, 4) is 0 Å². The van der Waals surface area contributed by atoms with Gasteiger partial charge in [-0.3, -0.25) is 4.90 Å². The molecule has 0 unspecified atom stereocenters. The highest BCUT2D eigenvalue weighted by Gasteiger charge is 2.26. The Morgan fingerprint density at radius 2 is 1.73 bits per heavy atom. The molecule has 30 heavy (non-hydrogen) atoms. The molecule has 3 heterocycles. The van der Waals surface area contributed by atoms with Crippen molar-refractivity contribution >= 4 is 11.8 Å². The fourth-order valence-electron chi connectivity index (χ4n) is 4.11. The summed E-state index contributed by atoms with van der Waals surface area (Å²) in [6.45, 7) is 8.02. The minimum absolute atomic E-state index is 0.742. The number of hydrogen-bond acceptors (Lipinski definition) is 7. The third-order valence-electron chi connectivity index (χ3n) is 5.90. The van der Waals surface area contributed by atoms with Crippen molar-refractivity contribution in [3.63, 3.8) is 0 Å². The highest BCUT2D eigenvalue weighted by molar-refractivity contribution is 5.54. The number of morpholine rings is 1. The third-order valence-corrected chi connectivity index (χ3v) is 5.90. The Hall–Kier alpha value is -2.22. The van der Waals surface area contributed by atoms with Crippen LogP contribution in [0.4, 0.5) is 11.8 Å². The predicted octanol–water partition coefficient (Wildman–Crippen LogP) is 1.87. The first-order valence-corrected chi connectivity index (χ1v) is 10.9. The summed E-state index contributed by atoms with van der Waals surface area (Å²) >= 11 is 0. The second kappa shape index (κ2) is 9.73. The lowest BCUT2D eigenvalue weighted by molar-refractivity contribution is 0.122. The smallest absolute Gasteiger partial charge is 0.227 e. The largest absolute Gasteiger partial charge is 0.378 e. The SMILES string of the molecule is CN(C)CCN(C)c1nc(N2CCOCC2)nc2c1CCN(Cc1ccccc1)C2. The highest BCUT2D eigenvalue weighted by atomic mass is 16.5. The van der Waals surface area contributed by atoms with E-state index in [0.717, 1.165) is 77.2 Å². The molecular weight excluding hydrogens is 376 g/mol. The maximum atomic E-state index is 5.54. The first-order chi connectivity index (χ1) is 14.6. The van der Waals surface area contributed by atoms with Crippen LogP contribution in [0.15, 0.2) is 30.3 Å². The predicted molar refractivity (Wildman–Crippen MR) is 121 cm³/mol. The Labute approximate surface area is 180 Å². The highest BCUT2D eigenvalue weighted by Crippen LogP contribution is 2.29. The number of likely N-dealkylation sites (N-methyl/N-ethyl adjacent to an activating group) is 2. The summed E-state index contributed by atoms with van der Waals surface area (Å²) in [6.07, 6.45) is 0.993. The number of hydrogen-bond donors (Lipinski definition) is 0. The summed E-state index contributed by atoms with van der Waals surface area (Å²) in [5, 5.41) is 0. The fourth-order valence-corrected chi connectivity index (χ4v) is 4.11. The molecule has 2 aromatic rings. The number of benzene rings is 1. The second-order valence-corrected chi connectivity index (χ2v) is 8.54. The molecule has 7 nitrogen and oxygen atoms in total. The van der Waals surface area contributed by atoms with E-state index in [1.807, 2.05) is 0 Å². The first-order valence-electron chi connectivity index (χ1n) is 10.9. The Balaban J connectivity index is 1.59. The number of nitrogens with zero attached hydrogens (tertiary/aromatic N) is 6. The van der Waals surface area contributed by atoms with E-state index in [-0.39, 0.29) is 0 Å². The normalized spacial score (nSPS) is 17.3. The Bertz CT molecular complexity index is 822. The van der Waals surface area contributed by atoms with Crippen LogP contribution in [-0.2, 0) is 24.2 Å². The lowest BCUT2D eigenvalue weighted by atomic mass is 10.0. The summed E-state index contributed by atoms with van der Waals surface area (Å²) in [7, 11) is 6.39. The molecule has 1 saturated heterocycles. The average molecular weight is 411 g/mol. The van der Waals surface area contributed by atoms with Gasteiger partial charge in [-0.1, -0.05) is 30.3 Å². The van der Waals surface area contributed by atoms with E-state index in [9.17, 15) is 0 Å². The van der Waals surface area contributed by atoms with Gasteiger partial charge >= 0.3 is 0 Å². The zero-order valence-electron chi connectivity index (χ0n) is 18.5. The molecule has 0 aliphatic carbocycles. The van der Waals surface area contributed by atoms with Gasteiger partial charge in [0.05, 0.1) is 18.9 Å². The van der Waals surface area contributed by atoms with Gasteiger partial charge in [-0.25, -0.2) is 4.98 Å². The molecule has 162 valence electrons. The van der Waals surface area contributed by atoms with Crippen LogP contribution in [0.1, 0.15) is 16.8 Å². The van der Waals surface area contributed by atoms with Gasteiger partial charge in [-0.15, -0.1) is 0 Å². The van der Waals surface area contributed by atoms with Crippen LogP contribution >= 0.6 is 0 Å². The van der Waals surface area contributed by atoms with Crippen molar-refractivity contribution in [2.24, 2.45) is 0 Å². The van der Waals surface area contributed by atoms with E-state index < -0.39 is 0 Å². The van der Waals surface area contributed by atoms with Crippen LogP contribution in [0.25, 0.3) is 0 Å². The van der Waals surface area contributed by atoms with Gasteiger partial charge in [0.25, 0.3) is 0 Å². The molecule has 1 aromatic carbocycles. The molecule has 2 aliphatic rings. The number of anilines is 2. The molecule has 0 spiro atoms. The summed E-state index contributed by atoms with van der Waals surface area (Å²) in [6, 6.07) is 10.7. The van der Waals surface area contributed by atoms with Gasteiger partial charge in [0, 0.05) is 58.4 Å². The van der Waals surface area contributed by atoms with E-state index in [1.165, 1.54) is 16.8 Å². The lowest BCUT2D eigenvalue weighted by Crippen LogP contribution is -2.39. The summed E-state index contributed by atoms with van der Waals surface area (Å²) in [4.78, 5) is 19.4. The molecule has 0 N–H and O–H groups in total. The summed E-state index contributed by atoms with van der Waals surface area (Å²) in [5.41, 5.74) is 3.85. The van der Waals surface area contributed by atoms with Crippen LogP contribution in [0.2, 0.25) is 0 Å². The Morgan fingerprint density at radius 1 is 0.967 bits per heavy atom. The number of fused-ring (bicyclic) bond motifs is 1. The summed E-state index contributed by atoms with van der Waals surface area (Å²) in [5.74, 6) is 1.95. The molecule has 0 amide bonds. The molecule has 2 aliphatic heterocycles. The van der Waals surface area contributed by atoms with Gasteiger partial charge in [0.1, 0.15) is 5.82 Å². The molecule has 0 atom stereocenters. The van der Waals surface area contributed by atoms with E-state index in [2.05, 4.69) is 71.1 Å². The third kappa shape index (κ3) is 5.09. The van der Waals surface area contributed by atoms with Crippen molar-refractivity contribution in [1.82, 2.24) is 19.8 Å². The van der Waals surface area contributed by atoms with Crippen molar-refractivity contribution in [2.45, 2.75) is 19.5 Å². The van der Waals surface area contributed by atoms with Gasteiger partial charge in [-0.2, -0.15) is 4.98 Å². The van der Waals surface area contributed by atoms with Crippen LogP contribution in [0, 0.1) is 0 Å². The molecule has 7 heteroatoms. The van der Waals surface area contributed by atoms with Crippen molar-refractivity contribution in [1.29, 1.82) is 0 Å². The van der Waals surface area contributed by atoms with Crippen LogP contribution in [-0.4, -0.2) is 86.8 Å². The van der Waals surface area contributed by atoms with Crippen LogP contribution < -0.4 is 9.80 Å². The maximum absolute atomic E-state index is 5.54. The van der Waals surface area contributed by atoms with Gasteiger partial charge in [-0.05, 0) is 26.1 Å². The minimum Gasteiger partial charge on any atom is -0.378 e. The van der Waals surface area contributed by atoms with Gasteiger partial charge in [0.2, 0.25) is 5.95 Å². The molecule has 4 rings (SSSR count). The van der Waals surface area contributed by atoms with Gasteiger partial charge in [0.15, 0.2) is 0 Å². The Morgan fingerprint density at radius 3 is 2.47 bits per heavy atom. The quantitative estimate of drug-likeness (QED) is 0.691. The molecule has 0 saturated carbocycles. The van der Waals surface area contributed by atoms with Crippen LogP contribution in [0.5, 0.6) is 0 Å². The van der Waals surface area contributed by atoms with E-state index in [4.69, 9.17) is 14.7 Å². The van der Waals surface area contributed by atoms with E-state index in [0.29, 0.717) is 0 Å². The standard InChI is InChI=1S/C23H34N6O/c1-26(2)11-12-27(3)22-20-9-10-28(17-19-7-5-4-6-8-19)18-21(20)24-23(25-22)29-13-15-30-16-14-29/h4-8H,9-18H2,1-3H3. The lowest BCUT2D eigenvalue weighted by Gasteiger charge is -2.34. The fraction of sp³-hybridized carbons (Fsp3) is 0.565. The van der Waals surface area contributed by atoms with E-state index in [1.54, 1.807) is 0 Å².